The van der Waals surface area contributed by atoms with Gasteiger partial charge in [-0.25, -0.2) is 0 Å². The summed E-state index contributed by atoms with van der Waals surface area (Å²) >= 11 is 0. The molecule has 0 amide bonds. The topological polar surface area (TPSA) is 59.3 Å². The lowest BCUT2D eigenvalue weighted by Gasteiger charge is -2.16. The molecule has 0 saturated heterocycles. The van der Waals surface area contributed by atoms with Crippen molar-refractivity contribution in [1.82, 2.24) is 15.1 Å². The van der Waals surface area contributed by atoms with Crippen LogP contribution in [0.4, 0.5) is 0 Å². The average molecular weight is 317 g/mol. The van der Waals surface area contributed by atoms with E-state index < -0.39 is 0 Å². The number of nitrogens with zero attached hydrogens (tertiary/aromatic N) is 2. The van der Waals surface area contributed by atoms with E-state index in [1.165, 1.54) is 11.1 Å². The first-order valence-electron chi connectivity index (χ1n) is 8.09. The summed E-state index contributed by atoms with van der Waals surface area (Å²) in [5, 5.41) is 16.9. The number of aliphatic hydroxyl groups excluding tert-OH is 1. The fourth-order valence-corrected chi connectivity index (χ4v) is 2.59. The van der Waals surface area contributed by atoms with Crippen LogP contribution in [0.1, 0.15) is 29.4 Å². The monoisotopic (exact) mass is 317 g/mol. The normalized spacial score (nSPS) is 12.4. The van der Waals surface area contributed by atoms with Gasteiger partial charge < -0.3 is 15.2 Å². The van der Waals surface area contributed by atoms with Crippen LogP contribution in [0.5, 0.6) is 5.75 Å². The van der Waals surface area contributed by atoms with Crippen LogP contribution < -0.4 is 10.1 Å². The minimum atomic E-state index is 0.0887. The molecule has 0 radical (unpaired) electrons. The van der Waals surface area contributed by atoms with Gasteiger partial charge in [0.25, 0.3) is 0 Å². The summed E-state index contributed by atoms with van der Waals surface area (Å²) in [7, 11) is 0. The van der Waals surface area contributed by atoms with Crippen LogP contribution in [0, 0.1) is 20.8 Å². The molecule has 0 bridgehead atoms. The molecule has 2 aromatic rings. The van der Waals surface area contributed by atoms with Crippen molar-refractivity contribution in [3.05, 3.63) is 46.8 Å². The van der Waals surface area contributed by atoms with E-state index in [1.54, 1.807) is 0 Å². The van der Waals surface area contributed by atoms with Crippen molar-refractivity contribution in [2.24, 2.45) is 0 Å². The SMILES string of the molecule is Cc1ccc(OC(C)CNCc2c(C)nn(CCO)c2C)cc1. The maximum Gasteiger partial charge on any atom is 0.119 e. The molecule has 1 heterocycles. The summed E-state index contributed by atoms with van der Waals surface area (Å²) in [6.07, 6.45) is 0.0887. The second-order valence-corrected chi connectivity index (χ2v) is 5.97. The van der Waals surface area contributed by atoms with E-state index in [0.717, 1.165) is 30.2 Å². The fourth-order valence-electron chi connectivity index (χ4n) is 2.59. The van der Waals surface area contributed by atoms with Gasteiger partial charge in [0.2, 0.25) is 0 Å². The van der Waals surface area contributed by atoms with Gasteiger partial charge in [0.1, 0.15) is 11.9 Å². The third-order valence-corrected chi connectivity index (χ3v) is 3.93. The summed E-state index contributed by atoms with van der Waals surface area (Å²) in [4.78, 5) is 0. The van der Waals surface area contributed by atoms with Crippen molar-refractivity contribution >= 4 is 0 Å². The Hall–Kier alpha value is -1.85. The van der Waals surface area contributed by atoms with Crippen LogP contribution in [-0.2, 0) is 13.1 Å². The molecule has 5 heteroatoms. The van der Waals surface area contributed by atoms with Crippen molar-refractivity contribution in [1.29, 1.82) is 0 Å². The van der Waals surface area contributed by atoms with Crippen molar-refractivity contribution in [3.63, 3.8) is 0 Å². The number of hydrogen-bond donors (Lipinski definition) is 2. The molecule has 1 aromatic heterocycles. The van der Waals surface area contributed by atoms with Crippen LogP contribution in [0.2, 0.25) is 0 Å². The molecule has 1 aromatic carbocycles. The number of aromatic nitrogens is 2. The first kappa shape index (κ1) is 17.5. The minimum absolute atomic E-state index is 0.0887. The molecule has 126 valence electrons. The zero-order valence-electron chi connectivity index (χ0n) is 14.5. The van der Waals surface area contributed by atoms with E-state index in [-0.39, 0.29) is 12.7 Å². The Kier molecular flexibility index (Phi) is 6.19. The Morgan fingerprint density at radius 2 is 1.91 bits per heavy atom. The number of aryl methyl sites for hydroxylation is 2. The van der Waals surface area contributed by atoms with Gasteiger partial charge in [0.05, 0.1) is 18.8 Å². The summed E-state index contributed by atoms with van der Waals surface area (Å²) in [6, 6.07) is 8.10. The smallest absolute Gasteiger partial charge is 0.119 e. The van der Waals surface area contributed by atoms with Crippen LogP contribution in [0.15, 0.2) is 24.3 Å². The van der Waals surface area contributed by atoms with Crippen molar-refractivity contribution in [2.75, 3.05) is 13.2 Å². The molecule has 0 fully saturated rings. The Balaban J connectivity index is 1.83. The molecule has 0 aliphatic rings. The van der Waals surface area contributed by atoms with Gasteiger partial charge in [-0.05, 0) is 39.8 Å². The van der Waals surface area contributed by atoms with E-state index in [4.69, 9.17) is 9.84 Å². The zero-order chi connectivity index (χ0) is 16.8. The first-order chi connectivity index (χ1) is 11.0. The second kappa shape index (κ2) is 8.13. The van der Waals surface area contributed by atoms with Crippen molar-refractivity contribution in [3.8, 4) is 5.75 Å². The largest absolute Gasteiger partial charge is 0.489 e. The van der Waals surface area contributed by atoms with Crippen LogP contribution in [0.25, 0.3) is 0 Å². The van der Waals surface area contributed by atoms with Gasteiger partial charge in [0.15, 0.2) is 0 Å². The van der Waals surface area contributed by atoms with E-state index in [2.05, 4.69) is 36.4 Å². The van der Waals surface area contributed by atoms with Gasteiger partial charge >= 0.3 is 0 Å². The molecule has 1 atom stereocenters. The molecule has 5 nitrogen and oxygen atoms in total. The quantitative estimate of drug-likeness (QED) is 0.785. The van der Waals surface area contributed by atoms with Crippen molar-refractivity contribution < 1.29 is 9.84 Å². The summed E-state index contributed by atoms with van der Waals surface area (Å²) in [5.41, 5.74) is 4.54. The summed E-state index contributed by atoms with van der Waals surface area (Å²) < 4.78 is 7.75. The van der Waals surface area contributed by atoms with E-state index in [0.29, 0.717) is 6.54 Å². The Labute approximate surface area is 138 Å². The van der Waals surface area contributed by atoms with E-state index >= 15 is 0 Å². The molecule has 0 aliphatic carbocycles. The lowest BCUT2D eigenvalue weighted by molar-refractivity contribution is 0.216. The van der Waals surface area contributed by atoms with Gasteiger partial charge in [0, 0.05) is 24.3 Å². The second-order valence-electron chi connectivity index (χ2n) is 5.97. The van der Waals surface area contributed by atoms with Crippen molar-refractivity contribution in [2.45, 2.75) is 46.9 Å². The van der Waals surface area contributed by atoms with Gasteiger partial charge in [-0.2, -0.15) is 5.10 Å². The van der Waals surface area contributed by atoms with Gasteiger partial charge in [-0.1, -0.05) is 17.7 Å². The fraction of sp³-hybridized carbons (Fsp3) is 0.500. The van der Waals surface area contributed by atoms with E-state index in [9.17, 15) is 0 Å². The van der Waals surface area contributed by atoms with E-state index in [1.807, 2.05) is 30.7 Å². The van der Waals surface area contributed by atoms with Crippen LogP contribution in [0.3, 0.4) is 0 Å². The molecule has 23 heavy (non-hydrogen) atoms. The highest BCUT2D eigenvalue weighted by atomic mass is 16.5. The predicted molar refractivity (Wildman–Crippen MR) is 91.8 cm³/mol. The van der Waals surface area contributed by atoms with Gasteiger partial charge in [-0.15, -0.1) is 0 Å². The highest BCUT2D eigenvalue weighted by molar-refractivity contribution is 5.26. The maximum atomic E-state index is 9.06. The summed E-state index contributed by atoms with van der Waals surface area (Å²) in [6.45, 7) is 10.3. The third-order valence-electron chi connectivity index (χ3n) is 3.93. The zero-order valence-corrected chi connectivity index (χ0v) is 14.5. The molecule has 2 rings (SSSR count). The molecule has 1 unspecified atom stereocenters. The lowest BCUT2D eigenvalue weighted by Crippen LogP contribution is -2.28. The molecule has 0 spiro atoms. The first-order valence-corrected chi connectivity index (χ1v) is 8.09. The number of rotatable bonds is 8. The number of aliphatic hydroxyl groups is 1. The van der Waals surface area contributed by atoms with Gasteiger partial charge in [-0.3, -0.25) is 4.68 Å². The lowest BCUT2D eigenvalue weighted by atomic mass is 10.2. The third kappa shape index (κ3) is 4.81. The average Bonchev–Trinajstić information content (AvgIpc) is 2.77. The molecule has 2 N–H and O–H groups in total. The highest BCUT2D eigenvalue weighted by Gasteiger charge is 2.11. The standard InChI is InChI=1S/C18H27N3O2/c1-13-5-7-17(8-6-13)23-14(2)11-19-12-18-15(3)20-21(9-10-22)16(18)4/h5-8,14,19,22H,9-12H2,1-4H3. The highest BCUT2D eigenvalue weighted by Crippen LogP contribution is 2.14. The predicted octanol–water partition coefficient (Wildman–Crippen LogP) is 2.36. The Morgan fingerprint density at radius 1 is 1.22 bits per heavy atom. The number of nitrogens with one attached hydrogen (secondary N) is 1. The molecular formula is C18H27N3O2. The van der Waals surface area contributed by atoms with Crippen LogP contribution in [-0.4, -0.2) is 34.1 Å². The van der Waals surface area contributed by atoms with Crippen LogP contribution >= 0.6 is 0 Å². The molecule has 0 aliphatic heterocycles. The molecular weight excluding hydrogens is 290 g/mol. The Morgan fingerprint density at radius 3 is 2.57 bits per heavy atom. The maximum absolute atomic E-state index is 9.06. The number of ether oxygens (including phenoxy) is 1. The number of benzene rings is 1. The summed E-state index contributed by atoms with van der Waals surface area (Å²) in [5.74, 6) is 0.896. The number of hydrogen-bond acceptors (Lipinski definition) is 4. The minimum Gasteiger partial charge on any atom is -0.489 e. The molecule has 0 saturated carbocycles. The Bertz CT molecular complexity index is 620.